The fraction of sp³-hybridized carbons (Fsp3) is 0.526. The third-order valence-corrected chi connectivity index (χ3v) is 5.47. The summed E-state index contributed by atoms with van der Waals surface area (Å²) in [7, 11) is 1.95. The molecule has 1 aliphatic carbocycles. The zero-order valence-electron chi connectivity index (χ0n) is 14.7. The van der Waals surface area contributed by atoms with Crippen LogP contribution < -0.4 is 5.32 Å². The van der Waals surface area contributed by atoms with E-state index in [4.69, 9.17) is 0 Å². The molecule has 0 saturated heterocycles. The Kier molecular flexibility index (Phi) is 4.53. The van der Waals surface area contributed by atoms with Gasteiger partial charge in [0, 0.05) is 50.7 Å². The number of aryl methyl sites for hydroxylation is 1. The van der Waals surface area contributed by atoms with E-state index in [1.54, 1.807) is 12.4 Å². The molecule has 0 unspecified atom stereocenters. The molecule has 1 saturated carbocycles. The molecule has 25 heavy (non-hydrogen) atoms. The first-order chi connectivity index (χ1) is 12.2. The summed E-state index contributed by atoms with van der Waals surface area (Å²) >= 11 is 0. The standard InChI is InChI=1S/C19H25N5O/c1-23-17-13-24(15-7-3-2-4-8-15)12-16(17)18(22-23)19(25)21-11-14-6-5-9-20-10-14/h5-6,9-10,15H,2-4,7-8,11-13H2,1H3,(H,21,25). The Hall–Kier alpha value is -2.21. The normalized spacial score (nSPS) is 18.3. The summed E-state index contributed by atoms with van der Waals surface area (Å²) in [5, 5.41) is 7.47. The molecule has 4 rings (SSSR count). The number of nitrogens with one attached hydrogen (secondary N) is 1. The predicted octanol–water partition coefficient (Wildman–Crippen LogP) is 2.39. The Morgan fingerprint density at radius 3 is 2.88 bits per heavy atom. The highest BCUT2D eigenvalue weighted by Gasteiger charge is 2.33. The van der Waals surface area contributed by atoms with E-state index in [0.717, 1.165) is 24.2 Å². The highest BCUT2D eigenvalue weighted by Crippen LogP contribution is 2.32. The van der Waals surface area contributed by atoms with Crippen molar-refractivity contribution in [2.45, 2.75) is 57.8 Å². The summed E-state index contributed by atoms with van der Waals surface area (Å²) in [6, 6.07) is 4.50. The molecular weight excluding hydrogens is 314 g/mol. The van der Waals surface area contributed by atoms with E-state index in [1.165, 1.54) is 37.8 Å². The molecule has 0 aromatic carbocycles. The van der Waals surface area contributed by atoms with E-state index in [0.29, 0.717) is 18.3 Å². The van der Waals surface area contributed by atoms with Crippen molar-refractivity contribution in [2.75, 3.05) is 0 Å². The first-order valence-electron chi connectivity index (χ1n) is 9.18. The highest BCUT2D eigenvalue weighted by molar-refractivity contribution is 5.94. The summed E-state index contributed by atoms with van der Waals surface area (Å²) < 4.78 is 1.89. The zero-order valence-corrected chi connectivity index (χ0v) is 14.7. The van der Waals surface area contributed by atoms with E-state index >= 15 is 0 Å². The van der Waals surface area contributed by atoms with Gasteiger partial charge in [-0.25, -0.2) is 0 Å². The first kappa shape index (κ1) is 16.3. The summed E-state index contributed by atoms with van der Waals surface area (Å²) in [6.07, 6.45) is 10.1. The van der Waals surface area contributed by atoms with Crippen LogP contribution in [0.15, 0.2) is 24.5 Å². The van der Waals surface area contributed by atoms with Gasteiger partial charge in [0.1, 0.15) is 0 Å². The largest absolute Gasteiger partial charge is 0.346 e. The molecule has 0 spiro atoms. The maximum absolute atomic E-state index is 12.6. The van der Waals surface area contributed by atoms with E-state index in [-0.39, 0.29) is 5.91 Å². The van der Waals surface area contributed by atoms with Crippen molar-refractivity contribution in [2.24, 2.45) is 7.05 Å². The number of amides is 1. The van der Waals surface area contributed by atoms with Crippen LogP contribution in [0, 0.1) is 0 Å². The minimum Gasteiger partial charge on any atom is -0.346 e. The molecule has 0 radical (unpaired) electrons. The number of carbonyl (C=O) groups excluding carboxylic acids is 1. The molecule has 6 heteroatoms. The Labute approximate surface area is 148 Å². The van der Waals surface area contributed by atoms with Crippen LogP contribution in [0.4, 0.5) is 0 Å². The van der Waals surface area contributed by atoms with Crippen molar-refractivity contribution >= 4 is 5.91 Å². The van der Waals surface area contributed by atoms with E-state index < -0.39 is 0 Å². The average Bonchev–Trinajstić information content (AvgIpc) is 3.22. The van der Waals surface area contributed by atoms with Crippen molar-refractivity contribution < 1.29 is 4.79 Å². The van der Waals surface area contributed by atoms with Crippen LogP contribution in [-0.2, 0) is 26.7 Å². The third kappa shape index (κ3) is 3.31. The van der Waals surface area contributed by atoms with Gasteiger partial charge >= 0.3 is 0 Å². The van der Waals surface area contributed by atoms with Gasteiger partial charge in [0.25, 0.3) is 5.91 Å². The smallest absolute Gasteiger partial charge is 0.272 e. The summed E-state index contributed by atoms with van der Waals surface area (Å²) in [5.74, 6) is -0.0915. The van der Waals surface area contributed by atoms with Gasteiger partial charge in [-0.15, -0.1) is 0 Å². The Morgan fingerprint density at radius 2 is 2.12 bits per heavy atom. The summed E-state index contributed by atoms with van der Waals surface area (Å²) in [4.78, 5) is 19.3. The van der Waals surface area contributed by atoms with Crippen LogP contribution in [0.1, 0.15) is 59.4 Å². The summed E-state index contributed by atoms with van der Waals surface area (Å²) in [5.41, 5.74) is 3.88. The lowest BCUT2D eigenvalue weighted by atomic mass is 9.94. The lowest BCUT2D eigenvalue weighted by molar-refractivity contribution is 0.0941. The monoisotopic (exact) mass is 339 g/mol. The van der Waals surface area contributed by atoms with Crippen molar-refractivity contribution in [3.8, 4) is 0 Å². The molecule has 0 bridgehead atoms. The number of fused-ring (bicyclic) bond motifs is 1. The molecule has 2 aliphatic rings. The topological polar surface area (TPSA) is 63.1 Å². The van der Waals surface area contributed by atoms with Crippen LogP contribution in [0.2, 0.25) is 0 Å². The van der Waals surface area contributed by atoms with Gasteiger partial charge in [0.15, 0.2) is 5.69 Å². The number of hydrogen-bond acceptors (Lipinski definition) is 4. The second-order valence-corrected chi connectivity index (χ2v) is 7.14. The van der Waals surface area contributed by atoms with E-state index in [1.807, 2.05) is 23.9 Å². The number of hydrogen-bond donors (Lipinski definition) is 1. The maximum atomic E-state index is 12.6. The van der Waals surface area contributed by atoms with Crippen LogP contribution in [0.5, 0.6) is 0 Å². The van der Waals surface area contributed by atoms with Crippen LogP contribution in [-0.4, -0.2) is 31.6 Å². The van der Waals surface area contributed by atoms with Crippen molar-refractivity contribution in [3.63, 3.8) is 0 Å². The lowest BCUT2D eigenvalue weighted by Gasteiger charge is -2.30. The second kappa shape index (κ2) is 6.96. The number of nitrogens with zero attached hydrogens (tertiary/aromatic N) is 4. The molecule has 2 aromatic rings. The summed E-state index contributed by atoms with van der Waals surface area (Å²) in [6.45, 7) is 2.24. The molecule has 132 valence electrons. The van der Waals surface area contributed by atoms with E-state index in [9.17, 15) is 4.79 Å². The van der Waals surface area contributed by atoms with Crippen LogP contribution in [0.25, 0.3) is 0 Å². The molecule has 1 N–H and O–H groups in total. The molecule has 6 nitrogen and oxygen atoms in total. The lowest BCUT2D eigenvalue weighted by Crippen LogP contribution is -2.33. The second-order valence-electron chi connectivity index (χ2n) is 7.14. The fourth-order valence-corrected chi connectivity index (χ4v) is 4.07. The minimum atomic E-state index is -0.0915. The zero-order chi connectivity index (χ0) is 17.2. The molecule has 3 heterocycles. The highest BCUT2D eigenvalue weighted by atomic mass is 16.1. The molecule has 0 atom stereocenters. The molecule has 2 aromatic heterocycles. The van der Waals surface area contributed by atoms with Crippen LogP contribution in [0.3, 0.4) is 0 Å². The predicted molar refractivity (Wildman–Crippen MR) is 94.7 cm³/mol. The number of carbonyl (C=O) groups is 1. The average molecular weight is 339 g/mol. The number of pyridine rings is 1. The fourth-order valence-electron chi connectivity index (χ4n) is 4.07. The maximum Gasteiger partial charge on any atom is 0.272 e. The SMILES string of the molecule is Cn1nc(C(=O)NCc2cccnc2)c2c1CN(C1CCCCC1)C2. The number of rotatable bonds is 4. The minimum absolute atomic E-state index is 0.0915. The molecule has 1 aliphatic heterocycles. The quantitative estimate of drug-likeness (QED) is 0.929. The first-order valence-corrected chi connectivity index (χ1v) is 9.18. The third-order valence-electron chi connectivity index (χ3n) is 5.47. The molecular formula is C19H25N5O. The van der Waals surface area contributed by atoms with Gasteiger partial charge < -0.3 is 5.32 Å². The van der Waals surface area contributed by atoms with Gasteiger partial charge in [-0.2, -0.15) is 5.10 Å². The van der Waals surface area contributed by atoms with Crippen molar-refractivity contribution in [3.05, 3.63) is 47.0 Å². The van der Waals surface area contributed by atoms with Gasteiger partial charge in [0.2, 0.25) is 0 Å². The van der Waals surface area contributed by atoms with Crippen molar-refractivity contribution in [1.82, 2.24) is 25.0 Å². The Balaban J connectivity index is 1.45. The van der Waals surface area contributed by atoms with Crippen molar-refractivity contribution in [1.29, 1.82) is 0 Å². The molecule has 1 fully saturated rings. The number of aromatic nitrogens is 3. The van der Waals surface area contributed by atoms with Gasteiger partial charge in [-0.3, -0.25) is 19.4 Å². The van der Waals surface area contributed by atoms with E-state index in [2.05, 4.69) is 20.3 Å². The van der Waals surface area contributed by atoms with Gasteiger partial charge in [-0.05, 0) is 24.5 Å². The van der Waals surface area contributed by atoms with Gasteiger partial charge in [0.05, 0.1) is 5.69 Å². The van der Waals surface area contributed by atoms with Crippen LogP contribution >= 0.6 is 0 Å². The van der Waals surface area contributed by atoms with Gasteiger partial charge in [-0.1, -0.05) is 25.3 Å². The Morgan fingerprint density at radius 1 is 1.28 bits per heavy atom. The molecule has 1 amide bonds. The Bertz CT molecular complexity index is 749.